The standard InChI is InChI=1S/C24H29N3O2/c1-24(2,3)23-26-22(29-27-23)16-10-15-21(28)25-20(19-13-8-5-9-14-19)17-18-11-6-4-7-12-18/h4-9,11-14,20H,10,15-17H2,1-3H3,(H,25,28). The van der Waals surface area contributed by atoms with Gasteiger partial charge in [-0.05, 0) is 24.0 Å². The van der Waals surface area contributed by atoms with Gasteiger partial charge in [-0.25, -0.2) is 0 Å². The van der Waals surface area contributed by atoms with Crippen LogP contribution in [0.5, 0.6) is 0 Å². The summed E-state index contributed by atoms with van der Waals surface area (Å²) >= 11 is 0. The second-order valence-corrected chi connectivity index (χ2v) is 8.34. The highest BCUT2D eigenvalue weighted by molar-refractivity contribution is 5.76. The van der Waals surface area contributed by atoms with E-state index in [4.69, 9.17) is 4.52 Å². The first-order valence-corrected chi connectivity index (χ1v) is 10.1. The van der Waals surface area contributed by atoms with Crippen LogP contribution in [0.25, 0.3) is 0 Å². The Hall–Kier alpha value is -2.95. The van der Waals surface area contributed by atoms with Crippen molar-refractivity contribution in [3.05, 3.63) is 83.5 Å². The van der Waals surface area contributed by atoms with Crippen molar-refractivity contribution < 1.29 is 9.32 Å². The topological polar surface area (TPSA) is 68.0 Å². The predicted octanol–water partition coefficient (Wildman–Crippen LogP) is 4.79. The van der Waals surface area contributed by atoms with Crippen LogP contribution in [0.3, 0.4) is 0 Å². The van der Waals surface area contributed by atoms with Crippen LogP contribution in [0, 0.1) is 0 Å². The molecule has 0 aliphatic carbocycles. The Morgan fingerprint density at radius 3 is 2.31 bits per heavy atom. The molecule has 152 valence electrons. The maximum absolute atomic E-state index is 12.6. The van der Waals surface area contributed by atoms with Crippen LogP contribution >= 0.6 is 0 Å². The van der Waals surface area contributed by atoms with Gasteiger partial charge in [0, 0.05) is 18.3 Å². The number of rotatable bonds is 8. The fourth-order valence-electron chi connectivity index (χ4n) is 3.12. The van der Waals surface area contributed by atoms with Crippen molar-refractivity contribution >= 4 is 5.91 Å². The molecule has 1 heterocycles. The van der Waals surface area contributed by atoms with Crippen LogP contribution in [0.1, 0.15) is 62.5 Å². The van der Waals surface area contributed by atoms with Gasteiger partial charge >= 0.3 is 0 Å². The fourth-order valence-corrected chi connectivity index (χ4v) is 3.12. The number of aryl methyl sites for hydroxylation is 1. The fraction of sp³-hybridized carbons (Fsp3) is 0.375. The molecular weight excluding hydrogens is 362 g/mol. The zero-order chi connectivity index (χ0) is 20.7. The molecule has 0 saturated heterocycles. The highest BCUT2D eigenvalue weighted by Gasteiger charge is 2.21. The lowest BCUT2D eigenvalue weighted by molar-refractivity contribution is -0.121. The van der Waals surface area contributed by atoms with Gasteiger partial charge in [-0.1, -0.05) is 86.6 Å². The molecule has 1 amide bonds. The predicted molar refractivity (Wildman–Crippen MR) is 113 cm³/mol. The molecule has 0 aliphatic heterocycles. The van der Waals surface area contributed by atoms with Crippen LogP contribution in [-0.2, 0) is 23.1 Å². The van der Waals surface area contributed by atoms with Crippen molar-refractivity contribution in [1.29, 1.82) is 0 Å². The molecule has 2 aromatic carbocycles. The molecule has 1 N–H and O–H groups in total. The average molecular weight is 392 g/mol. The lowest BCUT2D eigenvalue weighted by atomic mass is 9.96. The number of amides is 1. The number of hydrogen-bond acceptors (Lipinski definition) is 4. The number of aromatic nitrogens is 2. The molecule has 5 nitrogen and oxygen atoms in total. The van der Waals surface area contributed by atoms with E-state index in [-0.39, 0.29) is 17.4 Å². The van der Waals surface area contributed by atoms with Gasteiger partial charge in [0.25, 0.3) is 0 Å². The first kappa shape index (κ1) is 20.8. The summed E-state index contributed by atoms with van der Waals surface area (Å²) in [6.07, 6.45) is 2.45. The van der Waals surface area contributed by atoms with Crippen molar-refractivity contribution in [1.82, 2.24) is 15.5 Å². The Morgan fingerprint density at radius 1 is 1.03 bits per heavy atom. The van der Waals surface area contributed by atoms with Gasteiger partial charge in [0.15, 0.2) is 5.82 Å². The molecule has 29 heavy (non-hydrogen) atoms. The number of benzene rings is 2. The third-order valence-corrected chi connectivity index (χ3v) is 4.75. The molecule has 1 unspecified atom stereocenters. The molecule has 0 aliphatic rings. The van der Waals surface area contributed by atoms with E-state index in [1.165, 1.54) is 5.56 Å². The van der Waals surface area contributed by atoms with Crippen LogP contribution in [0.2, 0.25) is 0 Å². The maximum Gasteiger partial charge on any atom is 0.226 e. The monoisotopic (exact) mass is 391 g/mol. The average Bonchev–Trinajstić information content (AvgIpc) is 3.18. The minimum atomic E-state index is -0.139. The second-order valence-electron chi connectivity index (χ2n) is 8.34. The van der Waals surface area contributed by atoms with Gasteiger partial charge in [0.1, 0.15) is 0 Å². The summed E-state index contributed by atoms with van der Waals surface area (Å²) in [5, 5.41) is 7.23. The van der Waals surface area contributed by atoms with E-state index in [0.29, 0.717) is 31.0 Å². The van der Waals surface area contributed by atoms with Crippen LogP contribution < -0.4 is 5.32 Å². The zero-order valence-electron chi connectivity index (χ0n) is 17.4. The van der Waals surface area contributed by atoms with E-state index < -0.39 is 0 Å². The summed E-state index contributed by atoms with van der Waals surface area (Å²) in [5.41, 5.74) is 2.16. The van der Waals surface area contributed by atoms with Gasteiger partial charge in [-0.3, -0.25) is 4.79 Å². The van der Waals surface area contributed by atoms with Crippen LogP contribution in [0.15, 0.2) is 65.2 Å². The summed E-state index contributed by atoms with van der Waals surface area (Å²) in [7, 11) is 0. The third kappa shape index (κ3) is 6.28. The SMILES string of the molecule is CC(C)(C)c1noc(CCCC(=O)NC(Cc2ccccc2)c2ccccc2)n1. The molecule has 0 saturated carbocycles. The van der Waals surface area contributed by atoms with Crippen LogP contribution in [0.4, 0.5) is 0 Å². The molecule has 1 aromatic heterocycles. The molecule has 3 aromatic rings. The van der Waals surface area contributed by atoms with E-state index >= 15 is 0 Å². The summed E-state index contributed by atoms with van der Waals surface area (Å²) < 4.78 is 5.31. The summed E-state index contributed by atoms with van der Waals surface area (Å²) in [6, 6.07) is 20.3. The molecule has 0 fully saturated rings. The first-order chi connectivity index (χ1) is 13.9. The Bertz CT molecular complexity index is 899. The second kappa shape index (κ2) is 9.50. The van der Waals surface area contributed by atoms with E-state index in [0.717, 1.165) is 12.0 Å². The van der Waals surface area contributed by atoms with Gasteiger partial charge in [-0.15, -0.1) is 0 Å². The highest BCUT2D eigenvalue weighted by Crippen LogP contribution is 2.20. The first-order valence-electron chi connectivity index (χ1n) is 10.1. The van der Waals surface area contributed by atoms with Crippen molar-refractivity contribution in [2.75, 3.05) is 0 Å². The van der Waals surface area contributed by atoms with Crippen molar-refractivity contribution in [3.8, 4) is 0 Å². The van der Waals surface area contributed by atoms with Gasteiger partial charge in [0.05, 0.1) is 6.04 Å². The Balaban J connectivity index is 1.56. The number of carbonyl (C=O) groups excluding carboxylic acids is 1. The Kier molecular flexibility index (Phi) is 6.81. The zero-order valence-corrected chi connectivity index (χ0v) is 17.4. The van der Waals surface area contributed by atoms with E-state index in [9.17, 15) is 4.79 Å². The lowest BCUT2D eigenvalue weighted by Crippen LogP contribution is -2.29. The molecule has 0 bridgehead atoms. The number of nitrogens with zero attached hydrogens (tertiary/aromatic N) is 2. The minimum absolute atomic E-state index is 0.0327. The normalized spacial score (nSPS) is 12.5. The van der Waals surface area contributed by atoms with Gasteiger partial charge in [-0.2, -0.15) is 4.98 Å². The largest absolute Gasteiger partial charge is 0.349 e. The molecule has 5 heteroatoms. The van der Waals surface area contributed by atoms with Gasteiger partial charge in [0.2, 0.25) is 11.8 Å². The molecule has 0 radical (unpaired) electrons. The smallest absolute Gasteiger partial charge is 0.226 e. The molecule has 1 atom stereocenters. The number of hydrogen-bond donors (Lipinski definition) is 1. The van der Waals surface area contributed by atoms with Gasteiger partial charge < -0.3 is 9.84 Å². The summed E-state index contributed by atoms with van der Waals surface area (Å²) in [4.78, 5) is 17.0. The number of nitrogens with one attached hydrogen (secondary N) is 1. The maximum atomic E-state index is 12.6. The van der Waals surface area contributed by atoms with Crippen molar-refractivity contribution in [2.45, 2.75) is 57.9 Å². The summed E-state index contributed by atoms with van der Waals surface area (Å²) in [6.45, 7) is 6.14. The van der Waals surface area contributed by atoms with E-state index in [1.807, 2.05) is 57.2 Å². The lowest BCUT2D eigenvalue weighted by Gasteiger charge is -2.19. The Morgan fingerprint density at radius 2 is 1.69 bits per heavy atom. The third-order valence-electron chi connectivity index (χ3n) is 4.75. The molecular formula is C24H29N3O2. The van der Waals surface area contributed by atoms with E-state index in [1.54, 1.807) is 0 Å². The minimum Gasteiger partial charge on any atom is -0.349 e. The summed E-state index contributed by atoms with van der Waals surface area (Å²) in [5.74, 6) is 1.32. The van der Waals surface area contributed by atoms with E-state index in [2.05, 4.69) is 39.7 Å². The van der Waals surface area contributed by atoms with Crippen molar-refractivity contribution in [2.24, 2.45) is 0 Å². The number of carbonyl (C=O) groups is 1. The molecule has 0 spiro atoms. The molecule has 3 rings (SSSR count). The van der Waals surface area contributed by atoms with Crippen molar-refractivity contribution in [3.63, 3.8) is 0 Å². The quantitative estimate of drug-likeness (QED) is 0.599. The Labute approximate surface area is 172 Å². The highest BCUT2D eigenvalue weighted by atomic mass is 16.5. The van der Waals surface area contributed by atoms with Crippen LogP contribution in [-0.4, -0.2) is 16.0 Å².